The van der Waals surface area contributed by atoms with Crippen molar-refractivity contribution >= 4 is 37.3 Å². The van der Waals surface area contributed by atoms with Gasteiger partial charge in [0.25, 0.3) is 10.0 Å². The maximum atomic E-state index is 12.1. The van der Waals surface area contributed by atoms with Crippen molar-refractivity contribution < 1.29 is 8.42 Å². The van der Waals surface area contributed by atoms with E-state index in [2.05, 4.69) is 25.6 Å². The van der Waals surface area contributed by atoms with Crippen molar-refractivity contribution in [3.63, 3.8) is 0 Å². The number of halogens is 1. The molecule has 0 aliphatic carbocycles. The Morgan fingerprint density at radius 1 is 1.26 bits per heavy atom. The molecule has 1 aromatic heterocycles. The van der Waals surface area contributed by atoms with E-state index in [9.17, 15) is 8.42 Å². The monoisotopic (exact) mass is 341 g/mol. The van der Waals surface area contributed by atoms with Gasteiger partial charge in [0.15, 0.2) is 0 Å². The summed E-state index contributed by atoms with van der Waals surface area (Å²) in [4.78, 5) is 4.08. The first-order chi connectivity index (χ1) is 8.88. The van der Waals surface area contributed by atoms with E-state index in [1.807, 2.05) is 6.92 Å². The van der Waals surface area contributed by atoms with E-state index in [1.165, 1.54) is 18.3 Å². The van der Waals surface area contributed by atoms with E-state index < -0.39 is 10.0 Å². The smallest absolute Gasteiger partial charge is 0.262 e. The second-order valence-corrected chi connectivity index (χ2v) is 6.49. The molecule has 2 aromatic rings. The fourth-order valence-electron chi connectivity index (χ4n) is 1.44. The van der Waals surface area contributed by atoms with Crippen molar-refractivity contribution in [2.45, 2.75) is 11.8 Å². The average molecular weight is 342 g/mol. The van der Waals surface area contributed by atoms with Crippen molar-refractivity contribution in [3.8, 4) is 0 Å². The molecule has 0 aliphatic rings. The van der Waals surface area contributed by atoms with Gasteiger partial charge in [0.1, 0.15) is 4.60 Å². The van der Waals surface area contributed by atoms with Crippen LogP contribution in [-0.4, -0.2) is 13.4 Å². The van der Waals surface area contributed by atoms with Crippen molar-refractivity contribution in [3.05, 3.63) is 46.7 Å². The van der Waals surface area contributed by atoms with Gasteiger partial charge in [-0.2, -0.15) is 0 Å². The fraction of sp³-hybridized carbons (Fsp3) is 0.0833. The van der Waals surface area contributed by atoms with Gasteiger partial charge >= 0.3 is 0 Å². The maximum absolute atomic E-state index is 12.1. The molecular formula is C12H12BrN3O2S. The minimum Gasteiger partial charge on any atom is -0.398 e. The number of aryl methyl sites for hydroxylation is 1. The average Bonchev–Trinajstić information content (AvgIpc) is 2.35. The van der Waals surface area contributed by atoms with Gasteiger partial charge in [0.2, 0.25) is 0 Å². The van der Waals surface area contributed by atoms with Crippen LogP contribution in [0, 0.1) is 6.92 Å². The zero-order valence-electron chi connectivity index (χ0n) is 10.1. The molecule has 19 heavy (non-hydrogen) atoms. The van der Waals surface area contributed by atoms with Crippen molar-refractivity contribution in [2.75, 3.05) is 10.5 Å². The molecule has 0 atom stereocenters. The third-order valence-corrected chi connectivity index (χ3v) is 4.39. The molecule has 0 saturated carbocycles. The van der Waals surface area contributed by atoms with Gasteiger partial charge in [0.05, 0.1) is 16.8 Å². The number of nitrogens with zero attached hydrogens (tertiary/aromatic N) is 1. The highest BCUT2D eigenvalue weighted by Crippen LogP contribution is 2.20. The highest BCUT2D eigenvalue weighted by Gasteiger charge is 2.15. The Kier molecular flexibility index (Phi) is 3.77. The molecule has 0 bridgehead atoms. The van der Waals surface area contributed by atoms with Gasteiger partial charge in [-0.25, -0.2) is 13.4 Å². The standard InChI is InChI=1S/C12H12BrN3O2S/c1-8-2-4-10(6-11(8)14)19(17,18)16-9-3-5-12(13)15-7-9/h2-7,16H,14H2,1H3. The fourth-order valence-corrected chi connectivity index (χ4v) is 2.75. The molecule has 2 rings (SSSR count). The molecule has 100 valence electrons. The summed E-state index contributed by atoms with van der Waals surface area (Å²) in [5.74, 6) is 0. The number of hydrogen-bond donors (Lipinski definition) is 2. The van der Waals surface area contributed by atoms with Crippen LogP contribution in [0.5, 0.6) is 0 Å². The number of pyridine rings is 1. The number of aromatic nitrogens is 1. The Morgan fingerprint density at radius 2 is 2.00 bits per heavy atom. The number of hydrogen-bond acceptors (Lipinski definition) is 4. The predicted octanol–water partition coefficient (Wildman–Crippen LogP) is 2.54. The van der Waals surface area contributed by atoms with Gasteiger partial charge in [-0.3, -0.25) is 4.72 Å². The summed E-state index contributed by atoms with van der Waals surface area (Å²) in [6.07, 6.45) is 1.43. The number of nitrogen functional groups attached to an aromatic ring is 1. The SMILES string of the molecule is Cc1ccc(S(=O)(=O)Nc2ccc(Br)nc2)cc1N. The molecule has 0 saturated heterocycles. The van der Waals surface area contributed by atoms with E-state index in [1.54, 1.807) is 18.2 Å². The molecule has 1 aromatic carbocycles. The lowest BCUT2D eigenvalue weighted by Gasteiger charge is -2.09. The summed E-state index contributed by atoms with van der Waals surface area (Å²) in [7, 11) is -3.65. The van der Waals surface area contributed by atoms with E-state index in [4.69, 9.17) is 5.73 Å². The lowest BCUT2D eigenvalue weighted by Crippen LogP contribution is -2.13. The Morgan fingerprint density at radius 3 is 2.58 bits per heavy atom. The minimum atomic E-state index is -3.65. The normalized spacial score (nSPS) is 11.3. The minimum absolute atomic E-state index is 0.124. The van der Waals surface area contributed by atoms with Crippen LogP contribution in [0.25, 0.3) is 0 Å². The topological polar surface area (TPSA) is 85.1 Å². The van der Waals surface area contributed by atoms with Crippen molar-refractivity contribution in [2.24, 2.45) is 0 Å². The summed E-state index contributed by atoms with van der Waals surface area (Å²) in [6.45, 7) is 1.82. The number of nitrogens with two attached hydrogens (primary N) is 1. The Bertz CT molecular complexity index is 699. The van der Waals surface area contributed by atoms with Crippen molar-refractivity contribution in [1.29, 1.82) is 0 Å². The van der Waals surface area contributed by atoms with E-state index in [-0.39, 0.29) is 4.90 Å². The van der Waals surface area contributed by atoms with Crippen LogP contribution in [0.3, 0.4) is 0 Å². The van der Waals surface area contributed by atoms with E-state index in [0.717, 1.165) is 5.56 Å². The molecule has 0 fully saturated rings. The van der Waals surface area contributed by atoms with Crippen LogP contribution >= 0.6 is 15.9 Å². The zero-order valence-corrected chi connectivity index (χ0v) is 12.5. The van der Waals surface area contributed by atoms with Crippen LogP contribution < -0.4 is 10.5 Å². The molecule has 0 aliphatic heterocycles. The van der Waals surface area contributed by atoms with E-state index >= 15 is 0 Å². The predicted molar refractivity (Wildman–Crippen MR) is 78.3 cm³/mol. The molecule has 0 amide bonds. The molecule has 7 heteroatoms. The summed E-state index contributed by atoms with van der Waals surface area (Å²) in [5.41, 5.74) is 7.39. The first kappa shape index (κ1) is 13.8. The molecule has 5 nitrogen and oxygen atoms in total. The number of benzene rings is 1. The second kappa shape index (κ2) is 5.18. The Labute approximate surface area is 120 Å². The zero-order chi connectivity index (χ0) is 14.0. The lowest BCUT2D eigenvalue weighted by molar-refractivity contribution is 0.601. The largest absolute Gasteiger partial charge is 0.398 e. The first-order valence-electron chi connectivity index (χ1n) is 5.39. The Balaban J connectivity index is 2.32. The third kappa shape index (κ3) is 3.24. The summed E-state index contributed by atoms with van der Waals surface area (Å²) in [6, 6.07) is 7.89. The third-order valence-electron chi connectivity index (χ3n) is 2.54. The molecule has 1 heterocycles. The van der Waals surface area contributed by atoms with Crippen molar-refractivity contribution in [1.82, 2.24) is 4.98 Å². The summed E-state index contributed by atoms with van der Waals surface area (Å²) in [5, 5.41) is 0. The molecule has 0 unspecified atom stereocenters. The van der Waals surface area contributed by atoms with Gasteiger partial charge < -0.3 is 5.73 Å². The summed E-state index contributed by atoms with van der Waals surface area (Å²) >= 11 is 3.18. The molecule has 0 spiro atoms. The van der Waals surface area contributed by atoms with Crippen LogP contribution in [0.2, 0.25) is 0 Å². The second-order valence-electron chi connectivity index (χ2n) is 3.99. The maximum Gasteiger partial charge on any atom is 0.262 e. The molecule has 3 N–H and O–H groups in total. The molecule has 0 radical (unpaired) electrons. The van der Waals surface area contributed by atoms with Gasteiger partial charge in [-0.05, 0) is 52.7 Å². The van der Waals surface area contributed by atoms with Gasteiger partial charge in [-0.1, -0.05) is 6.07 Å². The number of anilines is 2. The first-order valence-corrected chi connectivity index (χ1v) is 7.66. The number of rotatable bonds is 3. The number of sulfonamides is 1. The number of nitrogens with one attached hydrogen (secondary N) is 1. The van der Waals surface area contributed by atoms with Crippen LogP contribution in [0.4, 0.5) is 11.4 Å². The van der Waals surface area contributed by atoms with Crippen LogP contribution in [0.1, 0.15) is 5.56 Å². The van der Waals surface area contributed by atoms with Gasteiger partial charge in [0, 0.05) is 5.69 Å². The van der Waals surface area contributed by atoms with Crippen LogP contribution in [-0.2, 0) is 10.0 Å². The van der Waals surface area contributed by atoms with Gasteiger partial charge in [-0.15, -0.1) is 0 Å². The highest BCUT2D eigenvalue weighted by molar-refractivity contribution is 9.10. The van der Waals surface area contributed by atoms with E-state index in [0.29, 0.717) is 16.0 Å². The Hall–Kier alpha value is -1.60. The quantitative estimate of drug-likeness (QED) is 0.663. The lowest BCUT2D eigenvalue weighted by atomic mass is 10.2. The molecular weight excluding hydrogens is 330 g/mol. The summed E-state index contributed by atoms with van der Waals surface area (Å²) < 4.78 is 27.4. The highest BCUT2D eigenvalue weighted by atomic mass is 79.9. The van der Waals surface area contributed by atoms with Crippen LogP contribution in [0.15, 0.2) is 46.0 Å².